The number of nitrogens with one attached hydrogen (secondary N) is 1. The van der Waals surface area contributed by atoms with Crippen molar-refractivity contribution in [1.82, 2.24) is 14.9 Å². The fourth-order valence-electron chi connectivity index (χ4n) is 2.24. The van der Waals surface area contributed by atoms with Gasteiger partial charge in [-0.2, -0.15) is 0 Å². The minimum Gasteiger partial charge on any atom is -0.350 e. The van der Waals surface area contributed by atoms with E-state index in [1.54, 1.807) is 12.1 Å². The van der Waals surface area contributed by atoms with Crippen molar-refractivity contribution in [3.63, 3.8) is 0 Å². The zero-order valence-corrected chi connectivity index (χ0v) is 12.0. The number of hydrogen-bond donors (Lipinski definition) is 1. The average molecular weight is 301 g/mol. The van der Waals surface area contributed by atoms with E-state index >= 15 is 0 Å². The molecule has 0 aliphatic heterocycles. The summed E-state index contributed by atoms with van der Waals surface area (Å²) in [4.78, 5) is 28.0. The molecule has 1 aliphatic rings. The first-order valence-corrected chi connectivity index (χ1v) is 7.24. The summed E-state index contributed by atoms with van der Waals surface area (Å²) in [5, 5.41) is 2.60. The number of carbonyl (C=O) groups is 1. The first-order valence-electron chi connectivity index (χ1n) is 7.24. The Morgan fingerprint density at radius 1 is 1.36 bits per heavy atom. The molecule has 3 rings (SSSR count). The van der Waals surface area contributed by atoms with E-state index in [4.69, 9.17) is 0 Å². The summed E-state index contributed by atoms with van der Waals surface area (Å²) in [7, 11) is 0. The third kappa shape index (κ3) is 3.21. The van der Waals surface area contributed by atoms with Gasteiger partial charge < -0.3 is 5.32 Å². The molecule has 1 aliphatic carbocycles. The Labute approximate surface area is 126 Å². The number of amides is 1. The van der Waals surface area contributed by atoms with Crippen molar-refractivity contribution in [3.05, 3.63) is 64.1 Å². The highest BCUT2D eigenvalue weighted by molar-refractivity contribution is 5.94. The predicted octanol–water partition coefficient (Wildman–Crippen LogP) is 1.69. The van der Waals surface area contributed by atoms with E-state index in [9.17, 15) is 14.0 Å². The largest absolute Gasteiger partial charge is 0.350 e. The Bertz CT molecular complexity index is 753. The normalized spacial score (nSPS) is 13.9. The van der Waals surface area contributed by atoms with Gasteiger partial charge in [0.2, 0.25) is 0 Å². The zero-order chi connectivity index (χ0) is 15.5. The molecule has 5 nitrogen and oxygen atoms in total. The number of carbonyl (C=O) groups excluding carboxylic acids is 1. The Hall–Kier alpha value is -2.50. The molecule has 6 heteroatoms. The summed E-state index contributed by atoms with van der Waals surface area (Å²) < 4.78 is 14.9. The van der Waals surface area contributed by atoms with Crippen LogP contribution in [0.3, 0.4) is 0 Å². The van der Waals surface area contributed by atoms with Gasteiger partial charge in [-0.3, -0.25) is 14.2 Å². The van der Waals surface area contributed by atoms with Crippen LogP contribution in [0.4, 0.5) is 4.39 Å². The fraction of sp³-hybridized carbons (Fsp3) is 0.312. The van der Waals surface area contributed by atoms with Crippen molar-refractivity contribution in [1.29, 1.82) is 0 Å². The molecule has 0 spiro atoms. The molecule has 1 heterocycles. The maximum absolute atomic E-state index is 13.5. The minimum atomic E-state index is -0.562. The molecule has 1 aromatic carbocycles. The highest BCUT2D eigenvalue weighted by atomic mass is 19.1. The van der Waals surface area contributed by atoms with Gasteiger partial charge in [-0.15, -0.1) is 0 Å². The number of rotatable bonds is 5. The van der Waals surface area contributed by atoms with Crippen molar-refractivity contribution in [2.45, 2.75) is 25.3 Å². The molecule has 0 radical (unpaired) electrons. The molecule has 0 unspecified atom stereocenters. The third-order valence-electron chi connectivity index (χ3n) is 3.65. The van der Waals surface area contributed by atoms with E-state index in [1.807, 2.05) is 0 Å². The number of nitrogens with zero attached hydrogens (tertiary/aromatic N) is 2. The molecule has 1 saturated carbocycles. The quantitative estimate of drug-likeness (QED) is 0.914. The molecule has 22 heavy (non-hydrogen) atoms. The molecule has 0 saturated heterocycles. The lowest BCUT2D eigenvalue weighted by atomic mass is 10.2. The van der Waals surface area contributed by atoms with Gasteiger partial charge in [0.1, 0.15) is 5.82 Å². The number of benzene rings is 1. The Kier molecular flexibility index (Phi) is 4.00. The minimum absolute atomic E-state index is 0.00273. The van der Waals surface area contributed by atoms with Gasteiger partial charge in [-0.1, -0.05) is 12.1 Å². The summed E-state index contributed by atoms with van der Waals surface area (Å²) in [6.07, 6.45) is 3.69. The number of hydrogen-bond acceptors (Lipinski definition) is 3. The Morgan fingerprint density at radius 3 is 2.82 bits per heavy atom. The molecular weight excluding hydrogens is 285 g/mol. The van der Waals surface area contributed by atoms with Crippen LogP contribution < -0.4 is 10.9 Å². The van der Waals surface area contributed by atoms with Crippen molar-refractivity contribution < 1.29 is 9.18 Å². The van der Waals surface area contributed by atoms with Gasteiger partial charge in [0.25, 0.3) is 11.5 Å². The average Bonchev–Trinajstić information content (AvgIpc) is 3.34. The van der Waals surface area contributed by atoms with Crippen LogP contribution in [-0.2, 0) is 6.54 Å². The lowest BCUT2D eigenvalue weighted by molar-refractivity contribution is 0.0948. The van der Waals surface area contributed by atoms with Crippen LogP contribution >= 0.6 is 0 Å². The highest BCUT2D eigenvalue weighted by Crippen LogP contribution is 2.38. The molecule has 2 aromatic rings. The van der Waals surface area contributed by atoms with Gasteiger partial charge in [0.15, 0.2) is 0 Å². The second kappa shape index (κ2) is 6.09. The number of aromatic nitrogens is 2. The van der Waals surface area contributed by atoms with E-state index in [1.165, 1.54) is 29.1 Å². The molecule has 0 bridgehead atoms. The van der Waals surface area contributed by atoms with Crippen LogP contribution in [0, 0.1) is 5.82 Å². The second-order valence-corrected chi connectivity index (χ2v) is 5.36. The number of halogens is 1. The molecular formula is C16H16FN3O2. The van der Waals surface area contributed by atoms with Crippen molar-refractivity contribution in [2.24, 2.45) is 0 Å². The molecule has 1 fully saturated rings. The topological polar surface area (TPSA) is 64.0 Å². The first-order chi connectivity index (χ1) is 10.6. The van der Waals surface area contributed by atoms with Crippen LogP contribution in [0.5, 0.6) is 0 Å². The lowest BCUT2D eigenvalue weighted by Crippen LogP contribution is -2.31. The molecule has 1 amide bonds. The zero-order valence-electron chi connectivity index (χ0n) is 12.0. The SMILES string of the molecule is O=C(NCCn1cnc(C2CC2)cc1=O)c1ccccc1F. The van der Waals surface area contributed by atoms with E-state index in [2.05, 4.69) is 10.3 Å². The second-order valence-electron chi connectivity index (χ2n) is 5.36. The van der Waals surface area contributed by atoms with Crippen molar-refractivity contribution in [2.75, 3.05) is 6.54 Å². The lowest BCUT2D eigenvalue weighted by Gasteiger charge is -2.08. The van der Waals surface area contributed by atoms with Gasteiger partial charge in [-0.05, 0) is 25.0 Å². The van der Waals surface area contributed by atoms with Crippen molar-refractivity contribution in [3.8, 4) is 0 Å². The van der Waals surface area contributed by atoms with Gasteiger partial charge >= 0.3 is 0 Å². The monoisotopic (exact) mass is 301 g/mol. The van der Waals surface area contributed by atoms with Crippen LogP contribution in [0.15, 0.2) is 41.5 Å². The molecule has 1 N–H and O–H groups in total. The maximum atomic E-state index is 13.5. The Balaban J connectivity index is 1.58. The van der Waals surface area contributed by atoms with E-state index in [0.717, 1.165) is 18.5 Å². The standard InChI is InChI=1S/C16H16FN3O2/c17-13-4-2-1-3-12(13)16(22)18-7-8-20-10-19-14(9-15(20)21)11-5-6-11/h1-4,9-11H,5-8H2,(H,18,22). The fourth-order valence-corrected chi connectivity index (χ4v) is 2.24. The van der Waals surface area contributed by atoms with Gasteiger partial charge in [0, 0.05) is 25.1 Å². The van der Waals surface area contributed by atoms with E-state index < -0.39 is 11.7 Å². The molecule has 0 atom stereocenters. The summed E-state index contributed by atoms with van der Waals surface area (Å²) in [5.41, 5.74) is 0.714. The van der Waals surface area contributed by atoms with Gasteiger partial charge in [-0.25, -0.2) is 9.37 Å². The summed E-state index contributed by atoms with van der Waals surface area (Å²) in [5.74, 6) is -0.621. The highest BCUT2D eigenvalue weighted by Gasteiger charge is 2.25. The van der Waals surface area contributed by atoms with E-state index in [0.29, 0.717) is 12.5 Å². The molecule has 1 aromatic heterocycles. The molecule has 114 valence electrons. The smallest absolute Gasteiger partial charge is 0.254 e. The van der Waals surface area contributed by atoms with Crippen molar-refractivity contribution >= 4 is 5.91 Å². The van der Waals surface area contributed by atoms with Gasteiger partial charge in [0.05, 0.1) is 17.6 Å². The summed E-state index contributed by atoms with van der Waals surface area (Å²) in [6, 6.07) is 7.33. The van der Waals surface area contributed by atoms with Crippen LogP contribution in [0.2, 0.25) is 0 Å². The van der Waals surface area contributed by atoms with Crippen LogP contribution in [-0.4, -0.2) is 22.0 Å². The van der Waals surface area contributed by atoms with E-state index in [-0.39, 0.29) is 17.7 Å². The third-order valence-corrected chi connectivity index (χ3v) is 3.65. The Morgan fingerprint density at radius 2 is 2.14 bits per heavy atom. The maximum Gasteiger partial charge on any atom is 0.254 e. The first kappa shape index (κ1) is 14.4. The summed E-state index contributed by atoms with van der Waals surface area (Å²) in [6.45, 7) is 0.536. The summed E-state index contributed by atoms with van der Waals surface area (Å²) >= 11 is 0. The van der Waals surface area contributed by atoms with Crippen LogP contribution in [0.1, 0.15) is 34.8 Å². The predicted molar refractivity (Wildman–Crippen MR) is 79.2 cm³/mol. The van der Waals surface area contributed by atoms with Crippen LogP contribution in [0.25, 0.3) is 0 Å².